The minimum absolute atomic E-state index is 0.0302. The Labute approximate surface area is 139 Å². The molecule has 1 N–H and O–H groups in total. The van der Waals surface area contributed by atoms with Crippen molar-refractivity contribution in [2.75, 3.05) is 23.9 Å². The Hall–Kier alpha value is -2.55. The van der Waals surface area contributed by atoms with E-state index in [-0.39, 0.29) is 12.3 Å². The van der Waals surface area contributed by atoms with Crippen molar-refractivity contribution >= 4 is 26.7 Å². The summed E-state index contributed by atoms with van der Waals surface area (Å²) in [5.41, 5.74) is 2.31. The molecule has 0 fully saturated rings. The normalized spacial score (nSPS) is 11.8. The maximum atomic E-state index is 11.3. The molecule has 0 aliphatic rings. The van der Waals surface area contributed by atoms with Crippen molar-refractivity contribution in [3.63, 3.8) is 0 Å². The first-order valence-corrected chi connectivity index (χ1v) is 9.44. The number of pyridine rings is 1. The lowest BCUT2D eigenvalue weighted by Crippen LogP contribution is -2.15. The summed E-state index contributed by atoms with van der Waals surface area (Å²) in [6, 6.07) is 3.65. The number of anilines is 1. The molecule has 0 unspecified atom stereocenters. The van der Waals surface area contributed by atoms with Crippen LogP contribution in [0.1, 0.15) is 5.69 Å². The van der Waals surface area contributed by atoms with Gasteiger partial charge in [-0.2, -0.15) is 5.10 Å². The van der Waals surface area contributed by atoms with E-state index in [1.165, 1.54) is 6.26 Å². The van der Waals surface area contributed by atoms with Gasteiger partial charge in [-0.15, -0.1) is 0 Å². The SMILES string of the molecule is Cc1nn(C)c2nc(-c3ccncc3)nc(NCCS(C)(=O)=O)c12. The molecule has 0 aliphatic heterocycles. The van der Waals surface area contributed by atoms with E-state index >= 15 is 0 Å². The van der Waals surface area contributed by atoms with Gasteiger partial charge in [0.05, 0.1) is 16.8 Å². The van der Waals surface area contributed by atoms with Crippen LogP contribution in [0.4, 0.5) is 5.82 Å². The molecule has 0 atom stereocenters. The van der Waals surface area contributed by atoms with E-state index in [2.05, 4.69) is 25.4 Å². The lowest BCUT2D eigenvalue weighted by molar-refractivity contribution is 0.602. The van der Waals surface area contributed by atoms with Crippen LogP contribution >= 0.6 is 0 Å². The zero-order chi connectivity index (χ0) is 17.3. The smallest absolute Gasteiger partial charge is 0.164 e. The summed E-state index contributed by atoms with van der Waals surface area (Å²) in [5, 5.41) is 8.29. The quantitative estimate of drug-likeness (QED) is 0.740. The van der Waals surface area contributed by atoms with Crippen LogP contribution in [0.5, 0.6) is 0 Å². The Morgan fingerprint density at radius 3 is 2.58 bits per heavy atom. The molecule has 3 aromatic heterocycles. The van der Waals surface area contributed by atoms with E-state index in [1.807, 2.05) is 26.1 Å². The number of aryl methyl sites for hydroxylation is 2. The van der Waals surface area contributed by atoms with Gasteiger partial charge in [-0.25, -0.2) is 18.4 Å². The predicted octanol–water partition coefficient (Wildman–Crippen LogP) is 1.19. The van der Waals surface area contributed by atoms with Crippen LogP contribution in [0.3, 0.4) is 0 Å². The molecule has 126 valence electrons. The third-order valence-corrected chi connectivity index (χ3v) is 4.51. The molecule has 0 spiro atoms. The molecule has 0 aliphatic carbocycles. The molecule has 0 saturated carbocycles. The highest BCUT2D eigenvalue weighted by molar-refractivity contribution is 7.90. The topological polar surface area (TPSA) is 103 Å². The summed E-state index contributed by atoms with van der Waals surface area (Å²) in [6.45, 7) is 2.15. The van der Waals surface area contributed by atoms with E-state index in [9.17, 15) is 8.42 Å². The Morgan fingerprint density at radius 2 is 1.92 bits per heavy atom. The van der Waals surface area contributed by atoms with Crippen LogP contribution in [-0.4, -0.2) is 51.7 Å². The number of aromatic nitrogens is 5. The van der Waals surface area contributed by atoms with Gasteiger partial charge in [-0.1, -0.05) is 0 Å². The molecule has 3 heterocycles. The molecule has 0 bridgehead atoms. The van der Waals surface area contributed by atoms with Crippen LogP contribution in [0.2, 0.25) is 0 Å². The monoisotopic (exact) mass is 346 g/mol. The zero-order valence-electron chi connectivity index (χ0n) is 13.7. The largest absolute Gasteiger partial charge is 0.368 e. The predicted molar refractivity (Wildman–Crippen MR) is 92.5 cm³/mol. The highest BCUT2D eigenvalue weighted by Crippen LogP contribution is 2.26. The lowest BCUT2D eigenvalue weighted by atomic mass is 10.2. The summed E-state index contributed by atoms with van der Waals surface area (Å²) < 4.78 is 24.4. The van der Waals surface area contributed by atoms with Crippen LogP contribution in [-0.2, 0) is 16.9 Å². The van der Waals surface area contributed by atoms with E-state index in [0.29, 0.717) is 17.3 Å². The zero-order valence-corrected chi connectivity index (χ0v) is 14.5. The average Bonchev–Trinajstić information content (AvgIpc) is 2.82. The number of sulfone groups is 1. The molecule has 0 aromatic carbocycles. The molecule has 3 rings (SSSR count). The van der Waals surface area contributed by atoms with Gasteiger partial charge in [0.25, 0.3) is 0 Å². The summed E-state index contributed by atoms with van der Waals surface area (Å²) >= 11 is 0. The second-order valence-electron chi connectivity index (χ2n) is 5.60. The van der Waals surface area contributed by atoms with Gasteiger partial charge in [0.1, 0.15) is 15.7 Å². The van der Waals surface area contributed by atoms with Gasteiger partial charge in [-0.3, -0.25) is 9.67 Å². The fraction of sp³-hybridized carbons (Fsp3) is 0.333. The molecule has 3 aromatic rings. The molecule has 9 heteroatoms. The van der Waals surface area contributed by atoms with Crippen molar-refractivity contribution in [1.82, 2.24) is 24.7 Å². The van der Waals surface area contributed by atoms with Crippen LogP contribution in [0, 0.1) is 6.92 Å². The number of fused-ring (bicyclic) bond motifs is 1. The standard InChI is InChI=1S/C15H18N6O2S/c1-10-12-14(17-8-9-24(3,22)23)18-13(11-4-6-16-7-5-11)19-15(12)21(2)20-10/h4-7H,8-9H2,1-3H3,(H,17,18,19). The van der Waals surface area contributed by atoms with E-state index in [4.69, 9.17) is 0 Å². The van der Waals surface area contributed by atoms with Gasteiger partial charge in [0, 0.05) is 37.8 Å². The highest BCUT2D eigenvalue weighted by Gasteiger charge is 2.16. The number of nitrogens with zero attached hydrogens (tertiary/aromatic N) is 5. The average molecular weight is 346 g/mol. The van der Waals surface area contributed by atoms with E-state index in [1.54, 1.807) is 17.1 Å². The molecule has 24 heavy (non-hydrogen) atoms. The van der Waals surface area contributed by atoms with Crippen LogP contribution < -0.4 is 5.32 Å². The molecule has 8 nitrogen and oxygen atoms in total. The summed E-state index contributed by atoms with van der Waals surface area (Å²) in [5.74, 6) is 1.15. The molecule has 0 saturated heterocycles. The van der Waals surface area contributed by atoms with Crippen molar-refractivity contribution < 1.29 is 8.42 Å². The third kappa shape index (κ3) is 3.35. The van der Waals surface area contributed by atoms with Gasteiger partial charge < -0.3 is 5.32 Å². The Morgan fingerprint density at radius 1 is 1.21 bits per heavy atom. The maximum absolute atomic E-state index is 11.3. The number of nitrogens with one attached hydrogen (secondary N) is 1. The van der Waals surface area contributed by atoms with Gasteiger partial charge in [-0.05, 0) is 19.1 Å². The molecule has 0 radical (unpaired) electrons. The minimum Gasteiger partial charge on any atom is -0.368 e. The second-order valence-corrected chi connectivity index (χ2v) is 7.86. The number of rotatable bonds is 5. The Bertz CT molecular complexity index is 982. The Balaban J connectivity index is 2.08. The molecular formula is C15H18N6O2S. The highest BCUT2D eigenvalue weighted by atomic mass is 32.2. The molecular weight excluding hydrogens is 328 g/mol. The van der Waals surface area contributed by atoms with Crippen LogP contribution in [0.15, 0.2) is 24.5 Å². The van der Waals surface area contributed by atoms with Gasteiger partial charge in [0.2, 0.25) is 0 Å². The third-order valence-electron chi connectivity index (χ3n) is 3.56. The van der Waals surface area contributed by atoms with Gasteiger partial charge in [0.15, 0.2) is 11.5 Å². The van der Waals surface area contributed by atoms with Crippen molar-refractivity contribution in [3.8, 4) is 11.4 Å². The number of hydrogen-bond donors (Lipinski definition) is 1. The summed E-state index contributed by atoms with van der Waals surface area (Å²) in [7, 11) is -1.23. The number of hydrogen-bond acceptors (Lipinski definition) is 7. The minimum atomic E-state index is -3.05. The van der Waals surface area contributed by atoms with E-state index < -0.39 is 9.84 Å². The first kappa shape index (κ1) is 16.3. The van der Waals surface area contributed by atoms with Gasteiger partial charge >= 0.3 is 0 Å². The van der Waals surface area contributed by atoms with Crippen molar-refractivity contribution in [2.45, 2.75) is 6.92 Å². The van der Waals surface area contributed by atoms with Crippen molar-refractivity contribution in [1.29, 1.82) is 0 Å². The van der Waals surface area contributed by atoms with Crippen molar-refractivity contribution in [2.24, 2.45) is 7.05 Å². The van der Waals surface area contributed by atoms with Crippen molar-refractivity contribution in [3.05, 3.63) is 30.2 Å². The second kappa shape index (κ2) is 6.16. The fourth-order valence-electron chi connectivity index (χ4n) is 2.45. The summed E-state index contributed by atoms with van der Waals surface area (Å²) in [6.07, 6.45) is 4.56. The Kier molecular flexibility index (Phi) is 4.18. The maximum Gasteiger partial charge on any atom is 0.164 e. The first-order chi connectivity index (χ1) is 11.3. The lowest BCUT2D eigenvalue weighted by Gasteiger charge is -2.09. The van der Waals surface area contributed by atoms with Crippen LogP contribution in [0.25, 0.3) is 22.4 Å². The first-order valence-electron chi connectivity index (χ1n) is 7.38. The fourth-order valence-corrected chi connectivity index (χ4v) is 2.92. The molecule has 0 amide bonds. The van der Waals surface area contributed by atoms with E-state index in [0.717, 1.165) is 16.6 Å². The summed E-state index contributed by atoms with van der Waals surface area (Å²) in [4.78, 5) is 13.2.